The zero-order valence-electron chi connectivity index (χ0n) is 23.5. The van der Waals surface area contributed by atoms with E-state index in [0.29, 0.717) is 5.56 Å². The average Bonchev–Trinajstić information content (AvgIpc) is 3.71. The fourth-order valence-corrected chi connectivity index (χ4v) is 7.68. The van der Waals surface area contributed by atoms with Crippen LogP contribution in [0.5, 0.6) is 0 Å². The summed E-state index contributed by atoms with van der Waals surface area (Å²) in [5.41, 5.74) is 1.13. The minimum absolute atomic E-state index is 0.0869. The second kappa shape index (κ2) is 11.5. The van der Waals surface area contributed by atoms with Crippen molar-refractivity contribution in [2.45, 2.75) is 57.2 Å². The molecule has 2 fully saturated rings. The van der Waals surface area contributed by atoms with E-state index in [-0.39, 0.29) is 30.5 Å². The largest absolute Gasteiger partial charge is 0.340 e. The van der Waals surface area contributed by atoms with E-state index in [1.54, 1.807) is 18.2 Å². The number of carbonyl (C=O) groups is 4. The second-order valence-electron chi connectivity index (χ2n) is 11.5. The molecule has 2 amide bonds. The highest BCUT2D eigenvalue weighted by Crippen LogP contribution is 2.33. The van der Waals surface area contributed by atoms with Gasteiger partial charge in [-0.2, -0.15) is 4.31 Å². The number of sulfonamides is 1. The molecule has 1 N–H and O–H groups in total. The quantitative estimate of drug-likeness (QED) is 0.436. The smallest absolute Gasteiger partial charge is 0.310 e. The number of benzene rings is 1. The van der Waals surface area contributed by atoms with Gasteiger partial charge in [0.25, 0.3) is 15.9 Å². The van der Waals surface area contributed by atoms with Crippen LogP contribution in [0.15, 0.2) is 66.2 Å². The zero-order chi connectivity index (χ0) is 30.2. The maximum Gasteiger partial charge on any atom is 0.310 e. The van der Waals surface area contributed by atoms with Crippen LogP contribution in [0.25, 0.3) is 0 Å². The van der Waals surface area contributed by atoms with Gasteiger partial charge in [-0.1, -0.05) is 45.0 Å². The third kappa shape index (κ3) is 5.79. The van der Waals surface area contributed by atoms with Gasteiger partial charge in [-0.15, -0.1) is 11.3 Å². The van der Waals surface area contributed by atoms with E-state index in [2.05, 4.69) is 31.1 Å². The number of nitrogens with zero attached hydrogens (tertiary/aromatic N) is 3. The maximum absolute atomic E-state index is 13.9. The summed E-state index contributed by atoms with van der Waals surface area (Å²) < 4.78 is 27.4. The van der Waals surface area contributed by atoms with Crippen LogP contribution in [-0.4, -0.2) is 76.5 Å². The molecule has 3 unspecified atom stereocenters. The van der Waals surface area contributed by atoms with E-state index in [1.165, 1.54) is 34.6 Å². The van der Waals surface area contributed by atoms with Crippen molar-refractivity contribution in [3.05, 3.63) is 87.9 Å². The van der Waals surface area contributed by atoms with Gasteiger partial charge in [0.1, 0.15) is 17.8 Å². The molecule has 0 saturated carbocycles. The molecule has 12 heteroatoms. The Hall–Kier alpha value is -3.74. The van der Waals surface area contributed by atoms with Gasteiger partial charge >= 0.3 is 5.12 Å². The number of nitrogens with one attached hydrogen (secondary N) is 1. The summed E-state index contributed by atoms with van der Waals surface area (Å²) in [5, 5.41) is 3.53. The van der Waals surface area contributed by atoms with Crippen molar-refractivity contribution in [3.8, 4) is 0 Å². The van der Waals surface area contributed by atoms with Crippen molar-refractivity contribution in [2.75, 3.05) is 13.1 Å². The van der Waals surface area contributed by atoms with Gasteiger partial charge in [0.05, 0.1) is 12.6 Å². The van der Waals surface area contributed by atoms with Crippen molar-refractivity contribution in [3.63, 3.8) is 0 Å². The van der Waals surface area contributed by atoms with Crippen LogP contribution in [0.1, 0.15) is 58.5 Å². The highest BCUT2D eigenvalue weighted by Gasteiger charge is 2.55. The first-order chi connectivity index (χ1) is 19.9. The number of thiophene rings is 1. The molecule has 2 saturated heterocycles. The zero-order valence-corrected chi connectivity index (χ0v) is 25.2. The number of rotatable bonds is 7. The van der Waals surface area contributed by atoms with Gasteiger partial charge in [0.15, 0.2) is 5.78 Å². The summed E-state index contributed by atoms with van der Waals surface area (Å²) in [6, 6.07) is 12.4. The first-order valence-corrected chi connectivity index (χ1v) is 15.9. The summed E-state index contributed by atoms with van der Waals surface area (Å²) in [7, 11) is -4.55. The minimum atomic E-state index is -4.55. The Morgan fingerprint density at radius 3 is 2.43 bits per heavy atom. The standard InChI is InChI=1S/C30H32N4O6S2/c1-30(2,3)20-11-9-19(10-12-20)27(36)32-23(17-21-7-6-16-41-21)28(37)33-15-13-24-26(33)25(35)18-34(24)42(39,40)29(38)22-8-4-5-14-31-22/h4-12,14,16,23-24,26H,13,15,17-18H2,1-3H3,(H,32,36). The minimum Gasteiger partial charge on any atom is -0.340 e. The van der Waals surface area contributed by atoms with Gasteiger partial charge in [-0.3, -0.25) is 24.2 Å². The monoisotopic (exact) mass is 608 g/mol. The SMILES string of the molecule is CC(C)(C)c1ccc(C(=O)NC(Cc2cccs2)C(=O)N2CCC3C2C(=O)CN3S(=O)(=O)C(=O)c2ccccn2)cc1. The van der Waals surface area contributed by atoms with Crippen molar-refractivity contribution in [2.24, 2.45) is 0 Å². The molecule has 3 aromatic rings. The highest BCUT2D eigenvalue weighted by atomic mass is 32.2. The first kappa shape index (κ1) is 29.7. The highest BCUT2D eigenvalue weighted by molar-refractivity contribution is 8.04. The number of fused-ring (bicyclic) bond motifs is 1. The van der Waals surface area contributed by atoms with Gasteiger partial charge in [0, 0.05) is 29.6 Å². The van der Waals surface area contributed by atoms with Crippen molar-refractivity contribution < 1.29 is 27.6 Å². The first-order valence-electron chi connectivity index (χ1n) is 13.6. The molecule has 0 bridgehead atoms. The number of Topliss-reactive ketones (excluding diaryl/α,β-unsaturated/α-hetero) is 1. The van der Waals surface area contributed by atoms with E-state index in [4.69, 9.17) is 0 Å². The Kier molecular flexibility index (Phi) is 8.15. The molecule has 0 spiro atoms. The van der Waals surface area contributed by atoms with E-state index in [9.17, 15) is 27.6 Å². The predicted octanol–water partition coefficient (Wildman–Crippen LogP) is 2.81. The normalized spacial score (nSPS) is 19.9. The number of hydrogen-bond donors (Lipinski definition) is 1. The van der Waals surface area contributed by atoms with Gasteiger partial charge < -0.3 is 10.2 Å². The fourth-order valence-electron chi connectivity index (χ4n) is 5.46. The number of likely N-dealkylation sites (tertiary alicyclic amines) is 1. The van der Waals surface area contributed by atoms with E-state index >= 15 is 0 Å². The molecule has 0 aliphatic carbocycles. The van der Waals surface area contributed by atoms with Gasteiger partial charge in [-0.25, -0.2) is 8.42 Å². The number of carbonyl (C=O) groups excluding carboxylic acids is 4. The molecule has 220 valence electrons. The molecule has 2 aliphatic heterocycles. The number of hydrogen-bond acceptors (Lipinski definition) is 8. The lowest BCUT2D eigenvalue weighted by Crippen LogP contribution is -2.53. The second-order valence-corrected chi connectivity index (χ2v) is 14.3. The van der Waals surface area contributed by atoms with Crippen LogP contribution in [0, 0.1) is 0 Å². The fraction of sp³-hybridized carbons (Fsp3) is 0.367. The third-order valence-corrected chi connectivity index (χ3v) is 10.3. The van der Waals surface area contributed by atoms with Crippen LogP contribution in [0.3, 0.4) is 0 Å². The molecule has 5 rings (SSSR count). The van der Waals surface area contributed by atoms with E-state index in [0.717, 1.165) is 14.7 Å². The summed E-state index contributed by atoms with van der Waals surface area (Å²) >= 11 is 1.44. The molecule has 4 heterocycles. The number of amides is 2. The molecule has 2 aliphatic rings. The molecular formula is C30H32N4O6S2. The molecule has 1 aromatic carbocycles. The topological polar surface area (TPSA) is 134 Å². The number of aromatic nitrogens is 1. The van der Waals surface area contributed by atoms with Crippen LogP contribution >= 0.6 is 11.3 Å². The van der Waals surface area contributed by atoms with Crippen molar-refractivity contribution >= 4 is 44.1 Å². The van der Waals surface area contributed by atoms with Gasteiger partial charge in [0.2, 0.25) is 5.91 Å². The lowest BCUT2D eigenvalue weighted by atomic mass is 9.86. The van der Waals surface area contributed by atoms with Gasteiger partial charge in [-0.05, 0) is 53.1 Å². The van der Waals surface area contributed by atoms with Crippen molar-refractivity contribution in [1.82, 2.24) is 19.5 Å². The summed E-state index contributed by atoms with van der Waals surface area (Å²) in [6.07, 6.45) is 1.72. The molecule has 2 aromatic heterocycles. The Morgan fingerprint density at radius 1 is 1.07 bits per heavy atom. The molecule has 42 heavy (non-hydrogen) atoms. The Morgan fingerprint density at radius 2 is 1.81 bits per heavy atom. The van der Waals surface area contributed by atoms with Crippen LogP contribution in [0.4, 0.5) is 0 Å². The molecular weight excluding hydrogens is 576 g/mol. The predicted molar refractivity (Wildman–Crippen MR) is 158 cm³/mol. The van der Waals surface area contributed by atoms with Crippen LogP contribution in [-0.2, 0) is 31.4 Å². The maximum atomic E-state index is 13.9. The lowest BCUT2D eigenvalue weighted by molar-refractivity contribution is -0.138. The number of pyridine rings is 1. The lowest BCUT2D eigenvalue weighted by Gasteiger charge is -2.28. The summed E-state index contributed by atoms with van der Waals surface area (Å²) in [5.74, 6) is -1.37. The summed E-state index contributed by atoms with van der Waals surface area (Å²) in [4.78, 5) is 59.3. The molecule has 10 nitrogen and oxygen atoms in total. The third-order valence-electron chi connectivity index (χ3n) is 7.68. The Balaban J connectivity index is 1.36. The Labute approximate surface area is 248 Å². The average molecular weight is 609 g/mol. The number of ketones is 1. The van der Waals surface area contributed by atoms with Crippen molar-refractivity contribution in [1.29, 1.82) is 0 Å². The van der Waals surface area contributed by atoms with Crippen LogP contribution in [0.2, 0.25) is 0 Å². The molecule has 0 radical (unpaired) electrons. The van der Waals surface area contributed by atoms with Crippen LogP contribution < -0.4 is 5.32 Å². The summed E-state index contributed by atoms with van der Waals surface area (Å²) in [6.45, 7) is 5.83. The van der Waals surface area contributed by atoms with E-state index < -0.39 is 57.4 Å². The Bertz CT molecular complexity index is 1600. The molecule has 3 atom stereocenters. The van der Waals surface area contributed by atoms with E-state index in [1.807, 2.05) is 29.6 Å².